The van der Waals surface area contributed by atoms with Crippen LogP contribution < -0.4 is 10.6 Å². The fourth-order valence-electron chi connectivity index (χ4n) is 11.6. The van der Waals surface area contributed by atoms with Gasteiger partial charge in [0.1, 0.15) is 23.7 Å². The molecule has 69 heavy (non-hydrogen) atoms. The second-order valence-electron chi connectivity index (χ2n) is 18.8. The van der Waals surface area contributed by atoms with Gasteiger partial charge < -0.3 is 44.6 Å². The summed E-state index contributed by atoms with van der Waals surface area (Å²) in [6.07, 6.45) is 5.57. The van der Waals surface area contributed by atoms with Crippen molar-refractivity contribution in [1.82, 2.24) is 40.4 Å². The molecule has 4 N–H and O–H groups in total. The third-order valence-electron chi connectivity index (χ3n) is 15.0. The Morgan fingerprint density at radius 3 is 2.23 bits per heavy atom. The normalized spacial score (nSPS) is 22.3. The zero-order chi connectivity index (χ0) is 47.6. The van der Waals surface area contributed by atoms with E-state index >= 15 is 8.78 Å². The monoisotopic (exact) mass is 938 g/mol. The molecule has 4 amide bonds. The number of carbonyl (C=O) groups excluding carboxylic acids is 4. The molecular formula is C52H52F2N8O7. The lowest BCUT2D eigenvalue weighted by Gasteiger charge is -2.39. The summed E-state index contributed by atoms with van der Waals surface area (Å²) in [4.78, 5) is 73.4. The van der Waals surface area contributed by atoms with Gasteiger partial charge in [0.05, 0.1) is 49.2 Å². The summed E-state index contributed by atoms with van der Waals surface area (Å²) in [5.41, 5.74) is 5.15. The van der Waals surface area contributed by atoms with Gasteiger partial charge in [-0.1, -0.05) is 60.7 Å². The number of hydrogen-bond acceptors (Lipinski definition) is 9. The molecule has 2 bridgehead atoms. The predicted molar refractivity (Wildman–Crippen MR) is 250 cm³/mol. The minimum atomic E-state index is -3.30. The van der Waals surface area contributed by atoms with E-state index in [9.17, 15) is 19.2 Å². The molecule has 15 nitrogen and oxygen atoms in total. The van der Waals surface area contributed by atoms with Crippen LogP contribution in [0.5, 0.6) is 0 Å². The highest BCUT2D eigenvalue weighted by molar-refractivity contribution is 5.90. The molecule has 1 saturated carbocycles. The van der Waals surface area contributed by atoms with Crippen molar-refractivity contribution >= 4 is 35.0 Å². The molecule has 2 aromatic heterocycles. The molecule has 6 aromatic rings. The van der Waals surface area contributed by atoms with E-state index in [1.807, 2.05) is 35.2 Å². The second-order valence-corrected chi connectivity index (χ2v) is 18.8. The number of H-pyrrole nitrogens is 2. The van der Waals surface area contributed by atoms with E-state index in [0.29, 0.717) is 96.1 Å². The average molecular weight is 939 g/mol. The highest BCUT2D eigenvalue weighted by atomic mass is 19.3. The van der Waals surface area contributed by atoms with Crippen LogP contribution in [-0.2, 0) is 29.7 Å². The van der Waals surface area contributed by atoms with Crippen LogP contribution in [0.3, 0.4) is 0 Å². The van der Waals surface area contributed by atoms with Crippen LogP contribution in [0.4, 0.5) is 18.4 Å². The average Bonchev–Trinajstić information content (AvgIpc) is 4.26. The largest absolute Gasteiger partial charge is 0.453 e. The number of nitrogens with one attached hydrogen (secondary N) is 4. The second kappa shape index (κ2) is 17.7. The number of aromatic nitrogens is 4. The zero-order valence-corrected chi connectivity index (χ0v) is 38.2. The highest BCUT2D eigenvalue weighted by Gasteiger charge is 2.52. The van der Waals surface area contributed by atoms with Gasteiger partial charge in [-0.3, -0.25) is 9.59 Å². The van der Waals surface area contributed by atoms with Gasteiger partial charge >= 0.3 is 12.2 Å². The summed E-state index contributed by atoms with van der Waals surface area (Å²) >= 11 is 0. The first kappa shape index (κ1) is 44.4. The van der Waals surface area contributed by atoms with E-state index in [4.69, 9.17) is 19.2 Å². The third-order valence-corrected chi connectivity index (χ3v) is 15.0. The van der Waals surface area contributed by atoms with Crippen LogP contribution in [0, 0.1) is 11.8 Å². The van der Waals surface area contributed by atoms with Crippen molar-refractivity contribution in [3.05, 3.63) is 119 Å². The minimum absolute atomic E-state index is 0.0289. The number of methoxy groups -OCH3 is 2. The van der Waals surface area contributed by atoms with Gasteiger partial charge in [0, 0.05) is 42.5 Å². The van der Waals surface area contributed by atoms with Crippen molar-refractivity contribution in [3.8, 4) is 33.5 Å². The SMILES string of the molecule is COC(=O)N[C@H](C(=O)N1[C@@H]2CC[C@@H](C2)[C@H]1c1nc2ccc(-c3ccc4c(c3)C(F)(F)c3cc(-c5cnc([C@@H]6CCCN6C(=O)[C@H](NC(=O)OC)c6ccccc6)[nH]5)ccc3-4)cc2[nH]1)C1CCOCC1. The van der Waals surface area contributed by atoms with Gasteiger partial charge in [0.15, 0.2) is 0 Å². The molecule has 0 radical (unpaired) electrons. The first-order valence-corrected chi connectivity index (χ1v) is 23.7. The molecule has 4 aromatic carbocycles. The van der Waals surface area contributed by atoms with Crippen molar-refractivity contribution < 1.29 is 42.2 Å². The number of nitrogens with zero attached hydrogens (tertiary/aromatic N) is 4. The molecule has 356 valence electrons. The van der Waals surface area contributed by atoms with Gasteiger partial charge in [0.25, 0.3) is 11.8 Å². The number of halogens is 2. The molecule has 3 saturated heterocycles. The number of aromatic amines is 2. The Kier molecular flexibility index (Phi) is 11.4. The maximum Gasteiger partial charge on any atom is 0.407 e. The summed E-state index contributed by atoms with van der Waals surface area (Å²) < 4.78 is 48.8. The molecule has 6 atom stereocenters. The lowest BCUT2D eigenvalue weighted by molar-refractivity contribution is -0.140. The van der Waals surface area contributed by atoms with Gasteiger partial charge in [-0.2, -0.15) is 8.78 Å². The predicted octanol–water partition coefficient (Wildman–Crippen LogP) is 8.70. The summed E-state index contributed by atoms with van der Waals surface area (Å²) in [5, 5.41) is 5.52. The number of alkyl halides is 2. The van der Waals surface area contributed by atoms with E-state index in [2.05, 4.69) is 25.6 Å². The van der Waals surface area contributed by atoms with E-state index in [1.54, 1.807) is 59.6 Å². The maximum atomic E-state index is 16.7. The molecule has 5 aliphatic rings. The minimum Gasteiger partial charge on any atom is -0.453 e. The van der Waals surface area contributed by atoms with Crippen molar-refractivity contribution in [2.75, 3.05) is 34.0 Å². The first-order chi connectivity index (χ1) is 33.5. The summed E-state index contributed by atoms with van der Waals surface area (Å²) in [6, 6.07) is 22.4. The Bertz CT molecular complexity index is 2970. The number of imidazole rings is 2. The Balaban J connectivity index is 0.830. The molecule has 4 fully saturated rings. The Morgan fingerprint density at radius 1 is 0.783 bits per heavy atom. The number of fused-ring (bicyclic) bond motifs is 6. The summed E-state index contributed by atoms with van der Waals surface area (Å²) in [7, 11) is 2.54. The molecule has 3 aliphatic heterocycles. The van der Waals surface area contributed by atoms with Gasteiger partial charge in [0.2, 0.25) is 5.91 Å². The number of alkyl carbamates (subject to hydrolysis) is 2. The molecule has 0 unspecified atom stereocenters. The number of ether oxygens (including phenoxy) is 3. The van der Waals surface area contributed by atoms with Crippen LogP contribution in [0.25, 0.3) is 44.5 Å². The standard InChI is InChI=1S/C52H52F2N8O7/c1-67-50(65)59-43(28-7-4-3-5-8-28)48(63)61-20-6-9-42(61)46-55-27-41(58-46)32-12-16-36-35-15-11-30(24-37(35)52(53,54)38(36)25-32)31-13-17-39-40(26-31)57-47(56-39)45-33-10-14-34(23-33)62(45)49(64)44(60-51(66)68-2)29-18-21-69-22-19-29/h3-5,7-8,11-13,15-17,24-27,29,33-34,42-45H,6,9-10,14,18-23H2,1-2H3,(H,55,58)(H,56,57)(H,59,65)(H,60,66)/t33-,34+,42-,43+,44-,45-/m0/s1. The Hall–Kier alpha value is -7.14. The molecule has 2 aliphatic carbocycles. The quantitative estimate of drug-likeness (QED) is 0.104. The highest BCUT2D eigenvalue weighted by Crippen LogP contribution is 2.53. The van der Waals surface area contributed by atoms with Crippen LogP contribution in [0.1, 0.15) is 91.4 Å². The Morgan fingerprint density at radius 2 is 1.48 bits per heavy atom. The molecule has 0 spiro atoms. The zero-order valence-electron chi connectivity index (χ0n) is 38.2. The van der Waals surface area contributed by atoms with Crippen LogP contribution in [-0.4, -0.2) is 99.8 Å². The number of likely N-dealkylation sites (tertiary alicyclic amines) is 2. The lowest BCUT2D eigenvalue weighted by Crippen LogP contribution is -2.55. The smallest absolute Gasteiger partial charge is 0.407 e. The summed E-state index contributed by atoms with van der Waals surface area (Å²) in [6.45, 7) is 1.49. The van der Waals surface area contributed by atoms with Crippen LogP contribution >= 0.6 is 0 Å². The van der Waals surface area contributed by atoms with Crippen molar-refractivity contribution in [3.63, 3.8) is 0 Å². The number of benzene rings is 4. The maximum absolute atomic E-state index is 16.7. The number of piperidine rings is 1. The van der Waals surface area contributed by atoms with Crippen LogP contribution in [0.2, 0.25) is 0 Å². The van der Waals surface area contributed by atoms with Crippen LogP contribution in [0.15, 0.2) is 91.1 Å². The number of hydrogen-bond donors (Lipinski definition) is 4. The fourth-order valence-corrected chi connectivity index (χ4v) is 11.6. The number of rotatable bonds is 10. The van der Waals surface area contributed by atoms with Gasteiger partial charge in [-0.15, -0.1) is 0 Å². The van der Waals surface area contributed by atoms with Crippen molar-refractivity contribution in [1.29, 1.82) is 0 Å². The first-order valence-electron chi connectivity index (χ1n) is 23.7. The lowest BCUT2D eigenvalue weighted by atomic mass is 9.89. The number of amides is 4. The van der Waals surface area contributed by atoms with Gasteiger partial charge in [-0.25, -0.2) is 19.6 Å². The van der Waals surface area contributed by atoms with E-state index in [0.717, 1.165) is 30.3 Å². The van der Waals surface area contributed by atoms with Crippen molar-refractivity contribution in [2.45, 2.75) is 81.1 Å². The third kappa shape index (κ3) is 7.85. The summed E-state index contributed by atoms with van der Waals surface area (Å²) in [5.74, 6) is -2.44. The number of carbonyl (C=O) groups is 4. The van der Waals surface area contributed by atoms with Crippen molar-refractivity contribution in [2.24, 2.45) is 11.8 Å². The van der Waals surface area contributed by atoms with E-state index in [1.165, 1.54) is 20.3 Å². The fraction of sp³-hybridized carbons (Fsp3) is 0.385. The van der Waals surface area contributed by atoms with E-state index in [-0.39, 0.29) is 46.9 Å². The topological polar surface area (TPSA) is 184 Å². The van der Waals surface area contributed by atoms with E-state index < -0.39 is 36.2 Å². The molecule has 11 rings (SSSR count). The molecule has 17 heteroatoms. The van der Waals surface area contributed by atoms with Gasteiger partial charge in [-0.05, 0) is 109 Å². The molecule has 5 heterocycles. The molecular weight excluding hydrogens is 887 g/mol. The Labute approximate surface area is 396 Å².